The number of hydrogen-bond donors (Lipinski definition) is 0. The molecule has 5 aromatic rings. The van der Waals surface area contributed by atoms with Crippen LogP contribution in [0, 0.1) is 11.6 Å². The molecule has 0 N–H and O–H groups in total. The highest BCUT2D eigenvalue weighted by atomic mass is 32.1. The summed E-state index contributed by atoms with van der Waals surface area (Å²) in [6, 6.07) is 20.7. The molecule has 7 nitrogen and oxygen atoms in total. The number of halogens is 2. The van der Waals surface area contributed by atoms with Crippen molar-refractivity contribution in [2.24, 2.45) is 0 Å². The van der Waals surface area contributed by atoms with Crippen molar-refractivity contribution in [3.8, 4) is 0 Å². The first-order valence-corrected chi connectivity index (χ1v) is 12.6. The van der Waals surface area contributed by atoms with Crippen molar-refractivity contribution >= 4 is 26.7 Å². The average Bonchev–Trinajstić information content (AvgIpc) is 3.54. The Balaban J connectivity index is 1.27. The molecule has 0 bridgehead atoms. The Bertz CT molecular complexity index is 1420. The first-order valence-electron chi connectivity index (χ1n) is 11.7. The molecule has 3 heterocycles. The fourth-order valence-corrected chi connectivity index (χ4v) is 5.63. The van der Waals surface area contributed by atoms with E-state index < -0.39 is 0 Å². The molecule has 1 saturated heterocycles. The van der Waals surface area contributed by atoms with Gasteiger partial charge >= 0.3 is 0 Å². The Morgan fingerprint density at radius 1 is 0.833 bits per heavy atom. The number of rotatable bonds is 6. The fraction of sp³-hybridized carbons (Fsp3) is 0.231. The van der Waals surface area contributed by atoms with Gasteiger partial charge in [0.2, 0.25) is 0 Å². The van der Waals surface area contributed by atoms with Crippen LogP contribution in [0.2, 0.25) is 0 Å². The van der Waals surface area contributed by atoms with E-state index in [2.05, 4.69) is 31.4 Å². The lowest BCUT2D eigenvalue weighted by Gasteiger charge is -2.38. The quantitative estimate of drug-likeness (QED) is 0.340. The summed E-state index contributed by atoms with van der Waals surface area (Å²) in [6.07, 6.45) is 0. The fourth-order valence-electron chi connectivity index (χ4n) is 4.62. The van der Waals surface area contributed by atoms with Crippen molar-refractivity contribution in [3.05, 3.63) is 101 Å². The third kappa shape index (κ3) is 4.57. The SMILES string of the molecule is Fc1ccc(Cn2nnnc2C(c2ccc(F)cc2)N2CCN(c3nc4ccccc4s3)CC2)cc1. The van der Waals surface area contributed by atoms with Gasteiger partial charge in [-0.2, -0.15) is 0 Å². The van der Waals surface area contributed by atoms with Crippen LogP contribution in [0.4, 0.5) is 13.9 Å². The van der Waals surface area contributed by atoms with Gasteiger partial charge < -0.3 is 4.90 Å². The molecule has 182 valence electrons. The van der Waals surface area contributed by atoms with Crippen LogP contribution in [0.25, 0.3) is 10.2 Å². The van der Waals surface area contributed by atoms with Gasteiger partial charge in [0.05, 0.1) is 22.8 Å². The van der Waals surface area contributed by atoms with E-state index in [0.717, 1.165) is 48.0 Å². The zero-order valence-electron chi connectivity index (χ0n) is 19.3. The number of anilines is 1. The number of nitrogens with zero attached hydrogens (tertiary/aromatic N) is 7. The monoisotopic (exact) mass is 503 g/mol. The van der Waals surface area contributed by atoms with Gasteiger partial charge in [0, 0.05) is 26.2 Å². The molecule has 0 spiro atoms. The molecule has 1 aliphatic heterocycles. The lowest BCUT2D eigenvalue weighted by molar-refractivity contribution is 0.201. The van der Waals surface area contributed by atoms with Crippen molar-refractivity contribution in [1.29, 1.82) is 0 Å². The highest BCUT2D eigenvalue weighted by molar-refractivity contribution is 7.22. The van der Waals surface area contributed by atoms with Crippen molar-refractivity contribution in [1.82, 2.24) is 30.1 Å². The molecule has 0 radical (unpaired) electrons. The molecule has 3 aromatic carbocycles. The maximum atomic E-state index is 13.8. The molecule has 1 unspecified atom stereocenters. The second kappa shape index (κ2) is 9.71. The lowest BCUT2D eigenvalue weighted by Crippen LogP contribution is -2.48. The van der Waals surface area contributed by atoms with Crippen molar-refractivity contribution in [2.75, 3.05) is 31.1 Å². The normalized spacial score (nSPS) is 15.4. The standard InChI is InChI=1S/C26H23F2N7S/c27-20-9-5-18(6-10-20)17-35-25(30-31-32-35)24(19-7-11-21(28)12-8-19)33-13-15-34(16-14-33)26-29-22-3-1-2-4-23(22)36-26/h1-12,24H,13-17H2. The van der Waals surface area contributed by atoms with Crippen LogP contribution in [0.1, 0.15) is 23.0 Å². The van der Waals surface area contributed by atoms with Crippen LogP contribution < -0.4 is 4.90 Å². The van der Waals surface area contributed by atoms with Crippen LogP contribution >= 0.6 is 11.3 Å². The average molecular weight is 504 g/mol. The highest BCUT2D eigenvalue weighted by Crippen LogP contribution is 2.32. The van der Waals surface area contributed by atoms with E-state index >= 15 is 0 Å². The number of benzene rings is 3. The predicted molar refractivity (Wildman–Crippen MR) is 135 cm³/mol. The molecule has 0 amide bonds. The second-order valence-electron chi connectivity index (χ2n) is 8.76. The molecule has 0 saturated carbocycles. The number of tetrazole rings is 1. The summed E-state index contributed by atoms with van der Waals surface area (Å²) >= 11 is 1.71. The van der Waals surface area contributed by atoms with E-state index in [0.29, 0.717) is 12.4 Å². The first-order chi connectivity index (χ1) is 17.6. The van der Waals surface area contributed by atoms with E-state index in [4.69, 9.17) is 4.98 Å². The van der Waals surface area contributed by atoms with Crippen LogP contribution in [0.5, 0.6) is 0 Å². The largest absolute Gasteiger partial charge is 0.345 e. The Labute approximate surface area is 210 Å². The van der Waals surface area contributed by atoms with Gasteiger partial charge in [-0.15, -0.1) is 5.10 Å². The molecule has 0 aliphatic carbocycles. The summed E-state index contributed by atoms with van der Waals surface area (Å²) in [5.74, 6) is 0.0919. The first kappa shape index (κ1) is 22.7. The zero-order valence-corrected chi connectivity index (χ0v) is 20.2. The predicted octanol–water partition coefficient (Wildman–Crippen LogP) is 4.52. The molecular weight excluding hydrogens is 480 g/mol. The van der Waals surface area contributed by atoms with Gasteiger partial charge in [-0.25, -0.2) is 18.4 Å². The number of para-hydroxylation sites is 1. The maximum Gasteiger partial charge on any atom is 0.186 e. The number of fused-ring (bicyclic) bond motifs is 1. The minimum atomic E-state index is -0.288. The van der Waals surface area contributed by atoms with Gasteiger partial charge in [-0.05, 0) is 58.0 Å². The maximum absolute atomic E-state index is 13.8. The molecule has 1 aliphatic rings. The second-order valence-corrected chi connectivity index (χ2v) is 9.77. The smallest absolute Gasteiger partial charge is 0.186 e. The number of hydrogen-bond acceptors (Lipinski definition) is 7. The number of thiazole rings is 1. The minimum Gasteiger partial charge on any atom is -0.345 e. The van der Waals surface area contributed by atoms with E-state index in [1.165, 1.54) is 29.0 Å². The topological polar surface area (TPSA) is 63.0 Å². The Hall–Kier alpha value is -3.76. The Kier molecular flexibility index (Phi) is 6.12. The third-order valence-electron chi connectivity index (χ3n) is 6.47. The molecule has 1 fully saturated rings. The molecule has 10 heteroatoms. The zero-order chi connectivity index (χ0) is 24.5. The molecule has 36 heavy (non-hydrogen) atoms. The molecule has 1 atom stereocenters. The van der Waals surface area contributed by atoms with E-state index in [9.17, 15) is 8.78 Å². The summed E-state index contributed by atoms with van der Waals surface area (Å²) < 4.78 is 30.1. The molecule has 2 aromatic heterocycles. The van der Waals surface area contributed by atoms with E-state index in [-0.39, 0.29) is 17.7 Å². The third-order valence-corrected chi connectivity index (χ3v) is 7.57. The van der Waals surface area contributed by atoms with Gasteiger partial charge in [-0.1, -0.05) is 47.7 Å². The highest BCUT2D eigenvalue weighted by Gasteiger charge is 2.31. The number of aromatic nitrogens is 5. The summed E-state index contributed by atoms with van der Waals surface area (Å²) in [6.45, 7) is 3.54. The van der Waals surface area contributed by atoms with E-state index in [1.807, 2.05) is 18.2 Å². The van der Waals surface area contributed by atoms with Crippen LogP contribution in [0.15, 0.2) is 72.8 Å². The van der Waals surface area contributed by atoms with Crippen LogP contribution in [0.3, 0.4) is 0 Å². The Morgan fingerprint density at radius 2 is 1.53 bits per heavy atom. The van der Waals surface area contributed by atoms with Crippen molar-refractivity contribution in [3.63, 3.8) is 0 Å². The summed E-state index contributed by atoms with van der Waals surface area (Å²) in [7, 11) is 0. The summed E-state index contributed by atoms with van der Waals surface area (Å²) in [5, 5.41) is 13.6. The van der Waals surface area contributed by atoms with Gasteiger partial charge in [0.15, 0.2) is 11.0 Å². The van der Waals surface area contributed by atoms with Crippen LogP contribution in [-0.2, 0) is 6.54 Å². The summed E-state index contributed by atoms with van der Waals surface area (Å²) in [5.41, 5.74) is 2.83. The Morgan fingerprint density at radius 3 is 2.25 bits per heavy atom. The molecule has 6 rings (SSSR count). The van der Waals surface area contributed by atoms with Gasteiger partial charge in [0.25, 0.3) is 0 Å². The van der Waals surface area contributed by atoms with E-state index in [1.54, 1.807) is 40.3 Å². The molecular formula is C26H23F2N7S. The number of piperazine rings is 1. The van der Waals surface area contributed by atoms with Gasteiger partial charge in [0.1, 0.15) is 11.6 Å². The van der Waals surface area contributed by atoms with Crippen molar-refractivity contribution < 1.29 is 8.78 Å². The summed E-state index contributed by atoms with van der Waals surface area (Å²) in [4.78, 5) is 9.45. The van der Waals surface area contributed by atoms with Gasteiger partial charge in [-0.3, -0.25) is 4.90 Å². The van der Waals surface area contributed by atoms with Crippen LogP contribution in [-0.4, -0.2) is 56.3 Å². The minimum absolute atomic E-state index is 0.251. The lowest BCUT2D eigenvalue weighted by atomic mass is 10.0. The van der Waals surface area contributed by atoms with Crippen molar-refractivity contribution in [2.45, 2.75) is 12.6 Å².